The molecule has 5 heteroatoms. The Kier molecular flexibility index (Phi) is 18.2. The summed E-state index contributed by atoms with van der Waals surface area (Å²) in [6.07, 6.45) is 6.75. The lowest BCUT2D eigenvalue weighted by Crippen LogP contribution is -2.03. The number of carbonyl (C=O) groups is 1. The van der Waals surface area contributed by atoms with Crippen LogP contribution in [0.4, 0.5) is 0 Å². The van der Waals surface area contributed by atoms with Gasteiger partial charge in [0, 0.05) is 13.5 Å². The average Bonchev–Trinajstić information content (AvgIpc) is 2.30. The van der Waals surface area contributed by atoms with Crippen molar-refractivity contribution in [2.75, 3.05) is 13.7 Å². The van der Waals surface area contributed by atoms with Crippen molar-refractivity contribution in [3.63, 3.8) is 0 Å². The standard InChI is InChI=1S/C11H20Cl2O2.CH4O/c1-2-15-11(14)9-7-5-3-4-6-8-10(12)13;1-2/h10H,2-9H2,1H3;2H,1H3. The minimum absolute atomic E-state index is 0.0842. The number of hydrogen-bond donors (Lipinski definition) is 1. The van der Waals surface area contributed by atoms with Gasteiger partial charge in [0.05, 0.1) is 6.61 Å². The first kappa shape index (κ1) is 19.4. The lowest BCUT2D eigenvalue weighted by atomic mass is 10.1. The van der Waals surface area contributed by atoms with Crippen LogP contribution in [0.15, 0.2) is 0 Å². The van der Waals surface area contributed by atoms with Gasteiger partial charge in [-0.2, -0.15) is 0 Å². The third kappa shape index (κ3) is 18.6. The van der Waals surface area contributed by atoms with Gasteiger partial charge in [-0.3, -0.25) is 4.79 Å². The zero-order valence-electron chi connectivity index (χ0n) is 10.8. The third-order valence-electron chi connectivity index (χ3n) is 2.11. The van der Waals surface area contributed by atoms with Gasteiger partial charge in [-0.05, 0) is 19.8 Å². The predicted molar refractivity (Wildman–Crippen MR) is 72.6 cm³/mol. The van der Waals surface area contributed by atoms with E-state index < -0.39 is 0 Å². The molecule has 0 aliphatic rings. The van der Waals surface area contributed by atoms with Crippen LogP contribution in [0.2, 0.25) is 0 Å². The molecule has 0 heterocycles. The number of carbonyl (C=O) groups excluding carboxylic acids is 1. The highest BCUT2D eigenvalue weighted by atomic mass is 35.5. The fourth-order valence-electron chi connectivity index (χ4n) is 1.33. The van der Waals surface area contributed by atoms with Gasteiger partial charge in [0.2, 0.25) is 0 Å². The monoisotopic (exact) mass is 286 g/mol. The first-order valence-corrected chi connectivity index (χ1v) is 6.92. The molecule has 0 unspecified atom stereocenters. The minimum Gasteiger partial charge on any atom is -0.466 e. The molecule has 0 aromatic rings. The molecule has 0 saturated carbocycles. The third-order valence-corrected chi connectivity index (χ3v) is 2.55. The summed E-state index contributed by atoms with van der Waals surface area (Å²) in [5.74, 6) is -0.0842. The normalized spacial score (nSPS) is 9.76. The summed E-state index contributed by atoms with van der Waals surface area (Å²) < 4.78 is 4.83. The fraction of sp³-hybridized carbons (Fsp3) is 0.917. The summed E-state index contributed by atoms with van der Waals surface area (Å²) in [4.78, 5) is 10.7. The largest absolute Gasteiger partial charge is 0.466 e. The molecule has 0 bridgehead atoms. The van der Waals surface area contributed by atoms with Gasteiger partial charge >= 0.3 is 5.97 Å². The number of alkyl halides is 2. The van der Waals surface area contributed by atoms with Crippen LogP contribution in [0.1, 0.15) is 51.9 Å². The number of esters is 1. The molecule has 0 atom stereocenters. The Bertz CT molecular complexity index is 164. The van der Waals surface area contributed by atoms with Gasteiger partial charge in [-0.25, -0.2) is 0 Å². The maximum Gasteiger partial charge on any atom is 0.305 e. The summed E-state index contributed by atoms with van der Waals surface area (Å²) in [6.45, 7) is 2.30. The zero-order chi connectivity index (χ0) is 13.5. The van der Waals surface area contributed by atoms with Crippen LogP contribution < -0.4 is 0 Å². The molecular weight excluding hydrogens is 263 g/mol. The van der Waals surface area contributed by atoms with Gasteiger partial charge in [-0.15, -0.1) is 23.2 Å². The number of halogens is 2. The molecule has 104 valence electrons. The van der Waals surface area contributed by atoms with Gasteiger partial charge in [-0.1, -0.05) is 25.7 Å². The summed E-state index contributed by atoms with van der Waals surface area (Å²) in [5.41, 5.74) is 0. The SMILES string of the molecule is CCOC(=O)CCCCCCCC(Cl)Cl.CO. The van der Waals surface area contributed by atoms with Crippen molar-refractivity contribution in [1.29, 1.82) is 0 Å². The van der Waals surface area contributed by atoms with Crippen LogP contribution in [0.3, 0.4) is 0 Å². The van der Waals surface area contributed by atoms with Crippen molar-refractivity contribution in [3.05, 3.63) is 0 Å². The Morgan fingerprint density at radius 2 is 1.65 bits per heavy atom. The Labute approximate surface area is 114 Å². The summed E-state index contributed by atoms with van der Waals surface area (Å²) in [5, 5.41) is 7.00. The van der Waals surface area contributed by atoms with E-state index in [0.717, 1.165) is 45.6 Å². The topological polar surface area (TPSA) is 46.5 Å². The molecule has 0 aliphatic heterocycles. The van der Waals surface area contributed by atoms with Gasteiger partial charge in [0.15, 0.2) is 0 Å². The van der Waals surface area contributed by atoms with Crippen molar-refractivity contribution < 1.29 is 14.6 Å². The van der Waals surface area contributed by atoms with E-state index in [9.17, 15) is 4.79 Å². The van der Waals surface area contributed by atoms with Crippen molar-refractivity contribution in [2.45, 2.75) is 56.7 Å². The minimum atomic E-state index is -0.232. The Hall–Kier alpha value is 0.01000. The second kappa shape index (κ2) is 16.0. The molecule has 0 aromatic carbocycles. The molecule has 0 aromatic heterocycles. The van der Waals surface area contributed by atoms with Crippen molar-refractivity contribution in [2.24, 2.45) is 0 Å². The van der Waals surface area contributed by atoms with Gasteiger partial charge in [0.25, 0.3) is 0 Å². The van der Waals surface area contributed by atoms with E-state index in [2.05, 4.69) is 0 Å². The Morgan fingerprint density at radius 3 is 2.18 bits per heavy atom. The molecule has 0 radical (unpaired) electrons. The zero-order valence-corrected chi connectivity index (χ0v) is 12.3. The smallest absolute Gasteiger partial charge is 0.305 e. The highest BCUT2D eigenvalue weighted by molar-refractivity contribution is 6.44. The molecule has 0 rings (SSSR count). The summed E-state index contributed by atoms with van der Waals surface area (Å²) in [7, 11) is 1.00. The molecule has 0 aliphatic carbocycles. The second-order valence-corrected chi connectivity index (χ2v) is 4.78. The number of rotatable bonds is 9. The van der Waals surface area contributed by atoms with Crippen LogP contribution in [-0.2, 0) is 9.53 Å². The Balaban J connectivity index is 0. The van der Waals surface area contributed by atoms with Gasteiger partial charge < -0.3 is 9.84 Å². The van der Waals surface area contributed by atoms with Crippen LogP contribution >= 0.6 is 23.2 Å². The van der Waals surface area contributed by atoms with E-state index in [1.807, 2.05) is 6.92 Å². The van der Waals surface area contributed by atoms with Crippen LogP contribution in [0.25, 0.3) is 0 Å². The van der Waals surface area contributed by atoms with E-state index >= 15 is 0 Å². The van der Waals surface area contributed by atoms with E-state index in [4.69, 9.17) is 33.0 Å². The molecule has 0 amide bonds. The molecule has 1 N–H and O–H groups in total. The van der Waals surface area contributed by atoms with Crippen molar-refractivity contribution >= 4 is 29.2 Å². The van der Waals surface area contributed by atoms with E-state index in [1.165, 1.54) is 0 Å². The molecular formula is C12H24Cl2O3. The molecule has 0 spiro atoms. The van der Waals surface area contributed by atoms with Gasteiger partial charge in [0.1, 0.15) is 4.84 Å². The van der Waals surface area contributed by atoms with Crippen LogP contribution in [0, 0.1) is 0 Å². The maximum absolute atomic E-state index is 11.0. The van der Waals surface area contributed by atoms with Crippen LogP contribution in [-0.4, -0.2) is 29.6 Å². The van der Waals surface area contributed by atoms with E-state index in [-0.39, 0.29) is 10.8 Å². The van der Waals surface area contributed by atoms with Crippen molar-refractivity contribution in [1.82, 2.24) is 0 Å². The lowest BCUT2D eigenvalue weighted by molar-refractivity contribution is -0.143. The van der Waals surface area contributed by atoms with Crippen molar-refractivity contribution in [3.8, 4) is 0 Å². The van der Waals surface area contributed by atoms with Crippen LogP contribution in [0.5, 0.6) is 0 Å². The maximum atomic E-state index is 11.0. The second-order valence-electron chi connectivity index (χ2n) is 3.50. The number of aliphatic hydroxyl groups excluding tert-OH is 1. The summed E-state index contributed by atoms with van der Waals surface area (Å²) in [6, 6.07) is 0. The average molecular weight is 287 g/mol. The lowest BCUT2D eigenvalue weighted by Gasteiger charge is -2.02. The quantitative estimate of drug-likeness (QED) is 0.399. The highest BCUT2D eigenvalue weighted by Crippen LogP contribution is 2.14. The molecule has 3 nitrogen and oxygen atoms in total. The molecule has 0 saturated heterocycles. The molecule has 17 heavy (non-hydrogen) atoms. The number of unbranched alkanes of at least 4 members (excludes halogenated alkanes) is 4. The fourth-order valence-corrected chi connectivity index (χ4v) is 1.64. The first-order valence-electron chi connectivity index (χ1n) is 6.05. The number of aliphatic hydroxyl groups is 1. The highest BCUT2D eigenvalue weighted by Gasteiger charge is 2.01. The number of ether oxygens (including phenoxy) is 1. The number of hydrogen-bond acceptors (Lipinski definition) is 3. The van der Waals surface area contributed by atoms with E-state index in [1.54, 1.807) is 0 Å². The Morgan fingerprint density at radius 1 is 1.12 bits per heavy atom. The van der Waals surface area contributed by atoms with E-state index in [0.29, 0.717) is 13.0 Å². The predicted octanol–water partition coefficient (Wildman–Crippen LogP) is 3.69. The summed E-state index contributed by atoms with van der Waals surface area (Å²) >= 11 is 11.2. The molecule has 0 fully saturated rings. The first-order chi connectivity index (χ1) is 8.16.